The molecule has 2 amide bonds. The maximum atomic E-state index is 13.1. The fourth-order valence-corrected chi connectivity index (χ4v) is 4.74. The van der Waals surface area contributed by atoms with E-state index in [1.807, 2.05) is 38.4 Å². The van der Waals surface area contributed by atoms with Crippen LogP contribution < -0.4 is 15.5 Å². The molecule has 0 fully saturated rings. The van der Waals surface area contributed by atoms with Gasteiger partial charge in [-0.3, -0.25) is 14.4 Å². The molecule has 0 atom stereocenters. The van der Waals surface area contributed by atoms with Crippen LogP contribution in [0, 0.1) is 0 Å². The van der Waals surface area contributed by atoms with E-state index >= 15 is 0 Å². The fraction of sp³-hybridized carbons (Fsp3) is 0.258. The average Bonchev–Trinajstić information content (AvgIpc) is 3.24. The van der Waals surface area contributed by atoms with Crippen LogP contribution in [0.3, 0.4) is 0 Å². The van der Waals surface area contributed by atoms with Crippen molar-refractivity contribution < 1.29 is 19.5 Å². The Morgan fingerprint density at radius 3 is 2.30 bits per heavy atom. The highest BCUT2D eigenvalue weighted by atomic mass is 35.5. The number of nitrogens with zero attached hydrogens (tertiary/aromatic N) is 2. The van der Waals surface area contributed by atoms with Gasteiger partial charge >= 0.3 is 5.97 Å². The standard InChI is InChI=1S/C31H33ClN4O4/c1-35(2)17-5-4-6-27(37)36(3)24-14-12-23(13-15-24)33-30(21-9-7-20(8-10-21)18-28(38)39)29-25-16-11-22(32)19-26(25)34-31(29)40/h7-16,19,33H,4-6,17-18H2,1-3H3,(H,34,40)(H,38,39)/b30-29-. The van der Waals surface area contributed by atoms with Gasteiger partial charge in [0, 0.05) is 35.4 Å². The van der Waals surface area contributed by atoms with Crippen molar-refractivity contribution in [1.82, 2.24) is 4.90 Å². The average molecular weight is 561 g/mol. The summed E-state index contributed by atoms with van der Waals surface area (Å²) in [6.45, 7) is 0.951. The lowest BCUT2D eigenvalue weighted by atomic mass is 9.98. The Bertz CT molecular complexity index is 1430. The molecular weight excluding hydrogens is 528 g/mol. The van der Waals surface area contributed by atoms with Crippen LogP contribution in [0.2, 0.25) is 5.02 Å². The summed E-state index contributed by atoms with van der Waals surface area (Å²) in [7, 11) is 5.81. The third-order valence-electron chi connectivity index (χ3n) is 6.72. The van der Waals surface area contributed by atoms with Crippen LogP contribution in [-0.4, -0.2) is 55.5 Å². The number of carboxylic acids is 1. The molecule has 208 valence electrons. The highest BCUT2D eigenvalue weighted by molar-refractivity contribution is 6.38. The number of carbonyl (C=O) groups is 3. The van der Waals surface area contributed by atoms with E-state index in [1.165, 1.54) is 0 Å². The lowest BCUT2D eigenvalue weighted by molar-refractivity contribution is -0.136. The van der Waals surface area contributed by atoms with E-state index < -0.39 is 5.97 Å². The van der Waals surface area contributed by atoms with Crippen molar-refractivity contribution >= 4 is 57.7 Å². The van der Waals surface area contributed by atoms with Gasteiger partial charge in [-0.2, -0.15) is 0 Å². The molecule has 0 aromatic heterocycles. The van der Waals surface area contributed by atoms with E-state index in [2.05, 4.69) is 15.5 Å². The number of anilines is 3. The summed E-state index contributed by atoms with van der Waals surface area (Å²) in [6, 6.07) is 19.8. The van der Waals surface area contributed by atoms with Crippen molar-refractivity contribution in [3.05, 3.63) is 88.4 Å². The van der Waals surface area contributed by atoms with Crippen molar-refractivity contribution in [2.75, 3.05) is 43.2 Å². The van der Waals surface area contributed by atoms with Gasteiger partial charge in [0.05, 0.1) is 23.4 Å². The number of carboxylic acid groups (broad SMARTS) is 1. The first kappa shape index (κ1) is 28.9. The highest BCUT2D eigenvalue weighted by Crippen LogP contribution is 2.39. The molecule has 3 N–H and O–H groups in total. The first-order valence-electron chi connectivity index (χ1n) is 13.1. The van der Waals surface area contributed by atoms with Gasteiger partial charge in [-0.25, -0.2) is 0 Å². The lowest BCUT2D eigenvalue weighted by Crippen LogP contribution is -2.26. The number of nitrogens with one attached hydrogen (secondary N) is 2. The lowest BCUT2D eigenvalue weighted by Gasteiger charge is -2.19. The Morgan fingerprint density at radius 2 is 1.65 bits per heavy atom. The largest absolute Gasteiger partial charge is 0.481 e. The zero-order valence-corrected chi connectivity index (χ0v) is 23.6. The van der Waals surface area contributed by atoms with Gasteiger partial charge in [-0.05, 0) is 81.0 Å². The normalized spacial score (nSPS) is 13.6. The summed E-state index contributed by atoms with van der Waals surface area (Å²) in [5.41, 5.74) is 5.22. The minimum absolute atomic E-state index is 0.0571. The molecule has 9 heteroatoms. The Hall–Kier alpha value is -4.14. The Labute approximate surface area is 239 Å². The first-order chi connectivity index (χ1) is 19.1. The quantitative estimate of drug-likeness (QED) is 0.209. The number of carbonyl (C=O) groups excluding carboxylic acids is 2. The molecule has 0 aliphatic carbocycles. The first-order valence-corrected chi connectivity index (χ1v) is 13.4. The molecule has 0 radical (unpaired) electrons. The number of fused-ring (bicyclic) bond motifs is 1. The SMILES string of the molecule is CN(C)CCCCC(=O)N(C)c1ccc(N/C(=C2\C(=O)Nc3cc(Cl)ccc32)c2ccc(CC(=O)O)cc2)cc1. The third-order valence-corrected chi connectivity index (χ3v) is 6.95. The second kappa shape index (κ2) is 12.8. The minimum Gasteiger partial charge on any atom is -0.481 e. The fourth-order valence-electron chi connectivity index (χ4n) is 4.56. The van der Waals surface area contributed by atoms with Crippen molar-refractivity contribution in [3.63, 3.8) is 0 Å². The van der Waals surface area contributed by atoms with Crippen LogP contribution in [-0.2, 0) is 20.8 Å². The summed E-state index contributed by atoms with van der Waals surface area (Å²) in [5.74, 6) is -1.13. The van der Waals surface area contributed by atoms with Crippen LogP contribution in [0.1, 0.15) is 36.0 Å². The van der Waals surface area contributed by atoms with Crippen LogP contribution in [0.5, 0.6) is 0 Å². The van der Waals surface area contributed by atoms with E-state index in [9.17, 15) is 14.4 Å². The summed E-state index contributed by atoms with van der Waals surface area (Å²) in [6.07, 6.45) is 2.19. The summed E-state index contributed by atoms with van der Waals surface area (Å²) < 4.78 is 0. The van der Waals surface area contributed by atoms with Gasteiger partial charge in [-0.15, -0.1) is 0 Å². The van der Waals surface area contributed by atoms with Gasteiger partial charge in [-0.1, -0.05) is 41.9 Å². The second-order valence-corrected chi connectivity index (χ2v) is 10.5. The molecule has 3 aromatic carbocycles. The maximum Gasteiger partial charge on any atom is 0.307 e. The van der Waals surface area contributed by atoms with Crippen molar-refractivity contribution in [3.8, 4) is 0 Å². The summed E-state index contributed by atoms with van der Waals surface area (Å²) in [4.78, 5) is 40.7. The minimum atomic E-state index is -0.914. The van der Waals surface area contributed by atoms with Gasteiger partial charge in [0.1, 0.15) is 0 Å². The van der Waals surface area contributed by atoms with E-state index in [-0.39, 0.29) is 18.2 Å². The van der Waals surface area contributed by atoms with Gasteiger partial charge in [0.25, 0.3) is 5.91 Å². The monoisotopic (exact) mass is 560 g/mol. The number of amides is 2. The molecule has 0 unspecified atom stereocenters. The maximum absolute atomic E-state index is 13.1. The van der Waals surface area contributed by atoms with Gasteiger partial charge < -0.3 is 25.5 Å². The Balaban J connectivity index is 1.61. The summed E-state index contributed by atoms with van der Waals surface area (Å²) in [5, 5.41) is 15.9. The molecule has 0 saturated carbocycles. The third kappa shape index (κ3) is 7.08. The molecule has 1 aliphatic rings. The number of rotatable bonds is 11. The highest BCUT2D eigenvalue weighted by Gasteiger charge is 2.28. The molecule has 4 rings (SSSR count). The van der Waals surface area contributed by atoms with Crippen molar-refractivity contribution in [2.24, 2.45) is 0 Å². The molecule has 0 saturated heterocycles. The number of hydrogen-bond acceptors (Lipinski definition) is 5. The molecule has 40 heavy (non-hydrogen) atoms. The number of aliphatic carboxylic acids is 1. The number of benzene rings is 3. The van der Waals surface area contributed by atoms with Crippen LogP contribution >= 0.6 is 11.6 Å². The zero-order valence-electron chi connectivity index (χ0n) is 22.8. The van der Waals surface area contributed by atoms with E-state index in [4.69, 9.17) is 16.7 Å². The topological polar surface area (TPSA) is 102 Å². The second-order valence-electron chi connectivity index (χ2n) is 10.0. The summed E-state index contributed by atoms with van der Waals surface area (Å²) >= 11 is 6.15. The van der Waals surface area contributed by atoms with Crippen LogP contribution in [0.15, 0.2) is 66.7 Å². The smallest absolute Gasteiger partial charge is 0.307 e. The predicted octanol–water partition coefficient (Wildman–Crippen LogP) is 5.59. The molecule has 0 spiro atoms. The zero-order chi connectivity index (χ0) is 28.8. The number of unbranched alkanes of at least 4 members (excludes halogenated alkanes) is 1. The van der Waals surface area contributed by atoms with Crippen molar-refractivity contribution in [2.45, 2.75) is 25.7 Å². The van der Waals surface area contributed by atoms with Crippen molar-refractivity contribution in [1.29, 1.82) is 0 Å². The van der Waals surface area contributed by atoms with E-state index in [1.54, 1.807) is 54.4 Å². The molecule has 1 aliphatic heterocycles. The van der Waals surface area contributed by atoms with Crippen LogP contribution in [0.25, 0.3) is 11.3 Å². The predicted molar refractivity (Wildman–Crippen MR) is 161 cm³/mol. The molecule has 8 nitrogen and oxygen atoms in total. The van der Waals surface area contributed by atoms with Gasteiger partial charge in [0.15, 0.2) is 0 Å². The number of halogens is 1. The molecule has 3 aromatic rings. The van der Waals surface area contributed by atoms with E-state index in [0.717, 1.165) is 36.3 Å². The number of hydrogen-bond donors (Lipinski definition) is 3. The van der Waals surface area contributed by atoms with Gasteiger partial charge in [0.2, 0.25) is 5.91 Å². The molecule has 1 heterocycles. The molecular formula is C31H33ClN4O4. The Kier molecular flexibility index (Phi) is 9.24. The van der Waals surface area contributed by atoms with E-state index in [0.29, 0.717) is 39.5 Å². The Morgan fingerprint density at radius 1 is 0.950 bits per heavy atom. The van der Waals surface area contributed by atoms with Crippen LogP contribution in [0.4, 0.5) is 17.1 Å². The molecule has 0 bridgehead atoms.